The highest BCUT2D eigenvalue weighted by Gasteiger charge is 2.35. The molecule has 0 unspecified atom stereocenters. The first-order valence-electron chi connectivity index (χ1n) is 14.0. The molecule has 0 fully saturated rings. The van der Waals surface area contributed by atoms with Crippen molar-refractivity contribution in [2.24, 2.45) is 0 Å². The Morgan fingerprint density at radius 3 is 2.12 bits per heavy atom. The first kappa shape index (κ1) is 32.9. The Morgan fingerprint density at radius 1 is 0.857 bits per heavy atom. The first-order chi connectivity index (χ1) is 23.3. The van der Waals surface area contributed by atoms with Crippen LogP contribution in [0.4, 0.5) is 17.6 Å². The second-order valence-corrected chi connectivity index (χ2v) is 12.8. The van der Waals surface area contributed by atoms with Gasteiger partial charge in [0.25, 0.3) is 10.0 Å². The van der Waals surface area contributed by atoms with E-state index in [0.717, 1.165) is 22.2 Å². The van der Waals surface area contributed by atoms with Gasteiger partial charge in [0.15, 0.2) is 0 Å². The van der Waals surface area contributed by atoms with Crippen LogP contribution in [-0.2, 0) is 16.2 Å². The first-order valence-corrected chi connectivity index (χ1v) is 15.8. The Bertz CT molecular complexity index is 2500. The molecule has 14 heteroatoms. The number of hydrogen-bond donors (Lipinski definition) is 1. The van der Waals surface area contributed by atoms with Crippen LogP contribution in [-0.4, -0.2) is 28.5 Å². The van der Waals surface area contributed by atoms with Gasteiger partial charge in [0.1, 0.15) is 16.4 Å². The highest BCUT2D eigenvalue weighted by atomic mass is 35.5. The fraction of sp³-hybridized carbons (Fsp3) is 0.0286. The molecule has 49 heavy (non-hydrogen) atoms. The maximum atomic E-state index is 15.0. The monoisotopic (exact) mass is 700 g/mol. The zero-order valence-corrected chi connectivity index (χ0v) is 26.1. The topological polar surface area (TPSA) is 137 Å². The van der Waals surface area contributed by atoms with Gasteiger partial charge < -0.3 is 5.11 Å². The summed E-state index contributed by atoms with van der Waals surface area (Å²) in [4.78, 5) is 14.2. The summed E-state index contributed by atoms with van der Waals surface area (Å²) in [5, 5.41) is 29.6. The molecule has 0 atom stereocenters. The van der Waals surface area contributed by atoms with Crippen LogP contribution in [0.25, 0.3) is 44.4 Å². The van der Waals surface area contributed by atoms with Crippen molar-refractivity contribution in [1.82, 2.24) is 8.96 Å². The third-order valence-electron chi connectivity index (χ3n) is 7.67. The molecule has 4 aromatic carbocycles. The lowest BCUT2D eigenvalue weighted by molar-refractivity contribution is -0.141. The van der Waals surface area contributed by atoms with Crippen molar-refractivity contribution in [2.75, 3.05) is 0 Å². The molecule has 0 spiro atoms. The third-order valence-corrected chi connectivity index (χ3v) is 9.68. The quantitative estimate of drug-likeness (QED) is 0.172. The third kappa shape index (κ3) is 5.75. The average molecular weight is 701 g/mol. The minimum atomic E-state index is -4.85. The smallest absolute Gasteiger partial charge is 0.433 e. The molecular weight excluding hydrogens is 684 g/mol. The van der Waals surface area contributed by atoms with Crippen molar-refractivity contribution in [3.63, 3.8) is 0 Å². The highest BCUT2D eigenvalue weighted by Crippen LogP contribution is 2.46. The lowest BCUT2D eigenvalue weighted by Crippen LogP contribution is -2.16. The predicted octanol–water partition coefficient (Wildman–Crippen LogP) is 8.53. The van der Waals surface area contributed by atoms with E-state index in [4.69, 9.17) is 11.6 Å². The number of alkyl halides is 3. The van der Waals surface area contributed by atoms with Gasteiger partial charge in [-0.25, -0.2) is 21.6 Å². The van der Waals surface area contributed by atoms with Gasteiger partial charge in [-0.3, -0.25) is 4.98 Å². The molecule has 2 aromatic heterocycles. The van der Waals surface area contributed by atoms with Crippen LogP contribution in [0.1, 0.15) is 27.2 Å². The summed E-state index contributed by atoms with van der Waals surface area (Å²) in [6.45, 7) is 0. The molecule has 0 saturated heterocycles. The molecule has 0 bridgehead atoms. The highest BCUT2D eigenvalue weighted by molar-refractivity contribution is 7.90. The van der Waals surface area contributed by atoms with E-state index in [0.29, 0.717) is 23.4 Å². The minimum Gasteiger partial charge on any atom is -0.478 e. The van der Waals surface area contributed by atoms with Crippen LogP contribution in [0.3, 0.4) is 0 Å². The van der Waals surface area contributed by atoms with Gasteiger partial charge in [-0.2, -0.15) is 23.7 Å². The summed E-state index contributed by atoms with van der Waals surface area (Å²) in [6, 6.07) is 22.9. The van der Waals surface area contributed by atoms with Gasteiger partial charge in [0.2, 0.25) is 0 Å². The van der Waals surface area contributed by atoms with Crippen molar-refractivity contribution < 1.29 is 35.9 Å². The summed E-state index contributed by atoms with van der Waals surface area (Å²) in [5.41, 5.74) is -0.858. The Kier molecular flexibility index (Phi) is 8.20. The number of pyridine rings is 1. The number of hydrogen-bond acceptors (Lipinski definition) is 6. The molecule has 8 nitrogen and oxygen atoms in total. The van der Waals surface area contributed by atoms with E-state index in [2.05, 4.69) is 4.98 Å². The summed E-state index contributed by atoms with van der Waals surface area (Å²) in [7, 11) is -4.84. The Labute approximate surface area is 280 Å². The number of carboxylic acid groups (broad SMARTS) is 1. The molecule has 0 aliphatic rings. The van der Waals surface area contributed by atoms with Crippen molar-refractivity contribution in [3.05, 3.63) is 130 Å². The number of benzene rings is 4. The molecular formula is C35H17ClF4N4O4S. The van der Waals surface area contributed by atoms with Crippen LogP contribution in [0, 0.1) is 28.5 Å². The van der Waals surface area contributed by atoms with Crippen LogP contribution < -0.4 is 0 Å². The summed E-state index contributed by atoms with van der Waals surface area (Å²) >= 11 is 6.46. The Morgan fingerprint density at radius 2 is 1.53 bits per heavy atom. The number of aromatic nitrogens is 2. The molecule has 1 N–H and O–H groups in total. The van der Waals surface area contributed by atoms with Gasteiger partial charge in [-0.05, 0) is 66.2 Å². The molecule has 0 amide bonds. The number of fused-ring (bicyclic) bond motifs is 1. The number of carboxylic acids is 1. The number of carbonyl (C=O) groups is 1. The maximum absolute atomic E-state index is 15.0. The van der Waals surface area contributed by atoms with Crippen LogP contribution >= 0.6 is 11.6 Å². The normalized spacial score (nSPS) is 11.7. The Hall–Kier alpha value is -6.02. The van der Waals surface area contributed by atoms with Crippen LogP contribution in [0.2, 0.25) is 5.02 Å². The standard InChI is InChI=1S/C35H17ClF4N4O4S/c36-28-14-21(34(45)46)7-10-26(28)19-3-1-4-20(13-19)33-32(31-22(16-41)5-2-6-23(31)17-42)27-15-24(37)8-11-29(27)44(33)49(47,48)25-9-12-30(43-18-25)35(38,39)40/h1-15,18H,(H,45,46). The van der Waals surface area contributed by atoms with Crippen molar-refractivity contribution >= 4 is 38.5 Å². The van der Waals surface area contributed by atoms with Gasteiger partial charge >= 0.3 is 12.1 Å². The molecule has 0 radical (unpaired) electrons. The zero-order valence-electron chi connectivity index (χ0n) is 24.5. The largest absolute Gasteiger partial charge is 0.478 e. The lowest BCUT2D eigenvalue weighted by atomic mass is 9.90. The van der Waals surface area contributed by atoms with E-state index >= 15 is 0 Å². The maximum Gasteiger partial charge on any atom is 0.433 e. The van der Waals surface area contributed by atoms with Gasteiger partial charge in [0.05, 0.1) is 40.0 Å². The lowest BCUT2D eigenvalue weighted by Gasteiger charge is -2.16. The van der Waals surface area contributed by atoms with Gasteiger partial charge in [-0.1, -0.05) is 41.9 Å². The van der Waals surface area contributed by atoms with E-state index in [1.54, 1.807) is 12.1 Å². The molecule has 0 saturated carbocycles. The molecule has 6 rings (SSSR count). The van der Waals surface area contributed by atoms with E-state index in [9.17, 15) is 46.4 Å². The Balaban J connectivity index is 1.75. The predicted molar refractivity (Wildman–Crippen MR) is 171 cm³/mol. The van der Waals surface area contributed by atoms with Crippen LogP contribution in [0.15, 0.2) is 102 Å². The second kappa shape index (κ2) is 12.2. The van der Waals surface area contributed by atoms with Gasteiger partial charge in [0, 0.05) is 38.9 Å². The van der Waals surface area contributed by atoms with E-state index in [1.807, 2.05) is 12.1 Å². The summed E-state index contributed by atoms with van der Waals surface area (Å²) < 4.78 is 84.8. The van der Waals surface area contributed by atoms with Crippen molar-refractivity contribution in [2.45, 2.75) is 11.1 Å². The molecule has 242 valence electrons. The summed E-state index contributed by atoms with van der Waals surface area (Å²) in [5.74, 6) is -1.99. The fourth-order valence-corrected chi connectivity index (χ4v) is 7.31. The molecule has 0 aliphatic carbocycles. The molecule has 6 aromatic rings. The van der Waals surface area contributed by atoms with Crippen molar-refractivity contribution in [1.29, 1.82) is 10.5 Å². The van der Waals surface area contributed by atoms with Crippen molar-refractivity contribution in [3.8, 4) is 45.6 Å². The van der Waals surface area contributed by atoms with E-state index in [1.165, 1.54) is 54.6 Å². The fourth-order valence-electron chi connectivity index (χ4n) is 5.53. The average Bonchev–Trinajstić information content (AvgIpc) is 3.42. The van der Waals surface area contributed by atoms with E-state index < -0.39 is 38.6 Å². The number of rotatable bonds is 6. The SMILES string of the molecule is N#Cc1cccc(C#N)c1-c1c(-c2cccc(-c3ccc(C(=O)O)cc3Cl)c2)n(S(=O)(=O)c2ccc(C(F)(F)F)nc2)c2ccc(F)cc12. The van der Waals surface area contributed by atoms with E-state index in [-0.39, 0.29) is 55.0 Å². The van der Waals surface area contributed by atoms with Crippen LogP contribution in [0.5, 0.6) is 0 Å². The molecule has 0 aliphatic heterocycles. The molecule has 2 heterocycles. The van der Waals surface area contributed by atoms with Gasteiger partial charge in [-0.15, -0.1) is 0 Å². The second-order valence-electron chi connectivity index (χ2n) is 10.6. The summed E-state index contributed by atoms with van der Waals surface area (Å²) in [6.07, 6.45) is -4.29. The number of aromatic carboxylic acids is 1. The zero-order chi connectivity index (χ0) is 35.2. The minimum absolute atomic E-state index is 0.00755. The number of nitriles is 2. The number of halogens is 5. The number of nitrogens with zero attached hydrogens (tertiary/aromatic N) is 4.